The van der Waals surface area contributed by atoms with Crippen molar-refractivity contribution in [2.24, 2.45) is 5.73 Å². The average molecular weight is 331 g/mol. The van der Waals surface area contributed by atoms with Crippen LogP contribution in [0.15, 0.2) is 18.3 Å². The van der Waals surface area contributed by atoms with Crippen molar-refractivity contribution in [1.29, 1.82) is 0 Å². The van der Waals surface area contributed by atoms with Gasteiger partial charge >= 0.3 is 6.03 Å². The molecule has 0 radical (unpaired) electrons. The highest BCUT2D eigenvalue weighted by Crippen LogP contribution is 2.33. The third-order valence-corrected chi connectivity index (χ3v) is 4.39. The Balaban J connectivity index is 1.94. The molecular weight excluding hydrogens is 306 g/mol. The normalized spacial score (nSPS) is 17.9. The molecule has 1 aromatic heterocycles. The summed E-state index contributed by atoms with van der Waals surface area (Å²) in [7, 11) is 1.81. The van der Waals surface area contributed by atoms with Gasteiger partial charge in [-0.25, -0.2) is 4.79 Å². The number of urea groups is 1. The van der Waals surface area contributed by atoms with E-state index in [-0.39, 0.29) is 18.1 Å². The van der Waals surface area contributed by atoms with Gasteiger partial charge in [-0.2, -0.15) is 5.10 Å². The van der Waals surface area contributed by atoms with Crippen molar-refractivity contribution in [3.8, 4) is 5.75 Å². The number of amides is 2. The van der Waals surface area contributed by atoms with Gasteiger partial charge in [-0.05, 0) is 26.0 Å². The summed E-state index contributed by atoms with van der Waals surface area (Å²) < 4.78 is 7.87. The van der Waals surface area contributed by atoms with Crippen molar-refractivity contribution in [2.45, 2.75) is 38.9 Å². The molecular formula is C17H25N5O2. The summed E-state index contributed by atoms with van der Waals surface area (Å²) in [4.78, 5) is 13.8. The molecule has 7 nitrogen and oxygen atoms in total. The van der Waals surface area contributed by atoms with Gasteiger partial charge in [-0.15, -0.1) is 0 Å². The van der Waals surface area contributed by atoms with Gasteiger partial charge in [0.25, 0.3) is 0 Å². The minimum Gasteiger partial charge on any atom is -0.491 e. The number of ether oxygens (including phenoxy) is 1. The molecule has 2 heterocycles. The molecule has 1 aromatic carbocycles. The predicted molar refractivity (Wildman–Crippen MR) is 93.2 cm³/mol. The monoisotopic (exact) mass is 331 g/mol. The van der Waals surface area contributed by atoms with Crippen molar-refractivity contribution in [3.63, 3.8) is 0 Å². The number of likely N-dealkylation sites (N-methyl/N-ethyl adjacent to an activating group) is 1. The standard InChI is InChI=1S/C17H25N5O2/c1-4-19-17(23)21(3)13-7-14-15(24-10-13)6-5-12-8-20-22(16(12)14)9-11(2)18/h5-6,8,11,13H,4,7,9-10,18H2,1-3H3,(H,19,23)/t11-,13+/m0/s1. The number of aromatic nitrogens is 2. The number of carbonyl (C=O) groups is 1. The Morgan fingerprint density at radius 1 is 1.58 bits per heavy atom. The third-order valence-electron chi connectivity index (χ3n) is 4.39. The van der Waals surface area contributed by atoms with Crippen LogP contribution in [-0.4, -0.2) is 53.0 Å². The van der Waals surface area contributed by atoms with Crippen LogP contribution in [0.2, 0.25) is 0 Å². The number of benzene rings is 1. The molecule has 0 unspecified atom stereocenters. The van der Waals surface area contributed by atoms with Crippen LogP contribution in [0, 0.1) is 0 Å². The Kier molecular flexibility index (Phi) is 4.62. The number of nitrogens with zero attached hydrogens (tertiary/aromatic N) is 3. The van der Waals surface area contributed by atoms with E-state index in [9.17, 15) is 4.79 Å². The Morgan fingerprint density at radius 2 is 2.38 bits per heavy atom. The molecule has 2 aromatic rings. The zero-order valence-electron chi connectivity index (χ0n) is 14.5. The van der Waals surface area contributed by atoms with Gasteiger partial charge in [-0.3, -0.25) is 4.68 Å². The first-order chi connectivity index (χ1) is 11.5. The fourth-order valence-electron chi connectivity index (χ4n) is 3.15. The summed E-state index contributed by atoms with van der Waals surface area (Å²) in [6.45, 7) is 5.63. The van der Waals surface area contributed by atoms with Gasteiger partial charge < -0.3 is 20.7 Å². The maximum atomic E-state index is 12.1. The predicted octanol–water partition coefficient (Wildman–Crippen LogP) is 1.35. The zero-order chi connectivity index (χ0) is 17.3. The van der Waals surface area contributed by atoms with Crippen molar-refractivity contribution in [2.75, 3.05) is 20.2 Å². The molecule has 1 aliphatic rings. The summed E-state index contributed by atoms with van der Waals surface area (Å²) >= 11 is 0. The molecule has 3 N–H and O–H groups in total. The maximum absolute atomic E-state index is 12.1. The van der Waals surface area contributed by atoms with Gasteiger partial charge in [0.2, 0.25) is 0 Å². The Hall–Kier alpha value is -2.28. The van der Waals surface area contributed by atoms with Crippen LogP contribution in [0.25, 0.3) is 10.9 Å². The van der Waals surface area contributed by atoms with Crippen molar-refractivity contribution >= 4 is 16.9 Å². The van der Waals surface area contributed by atoms with Crippen molar-refractivity contribution in [3.05, 3.63) is 23.9 Å². The van der Waals surface area contributed by atoms with Crippen LogP contribution in [0.5, 0.6) is 5.75 Å². The van der Waals surface area contributed by atoms with Gasteiger partial charge in [-0.1, -0.05) is 0 Å². The minimum absolute atomic E-state index is 0.00620. The molecule has 2 atom stereocenters. The summed E-state index contributed by atoms with van der Waals surface area (Å²) in [5, 5.41) is 8.37. The molecule has 7 heteroatoms. The van der Waals surface area contributed by atoms with E-state index < -0.39 is 0 Å². The van der Waals surface area contributed by atoms with E-state index in [1.165, 1.54) is 0 Å². The van der Waals surface area contributed by atoms with Gasteiger partial charge in [0.05, 0.1) is 24.3 Å². The quantitative estimate of drug-likeness (QED) is 0.885. The average Bonchev–Trinajstić information content (AvgIpc) is 2.96. The number of nitrogens with two attached hydrogens (primary N) is 1. The third kappa shape index (κ3) is 3.03. The topological polar surface area (TPSA) is 85.4 Å². The molecule has 0 saturated heterocycles. The van der Waals surface area contributed by atoms with Gasteiger partial charge in [0.1, 0.15) is 12.4 Å². The highest BCUT2D eigenvalue weighted by molar-refractivity contribution is 5.85. The number of hydrogen-bond acceptors (Lipinski definition) is 4. The van der Waals surface area contributed by atoms with Gasteiger partial charge in [0.15, 0.2) is 0 Å². The Labute approximate surface area is 141 Å². The molecule has 0 fully saturated rings. The summed E-state index contributed by atoms with van der Waals surface area (Å²) in [6.07, 6.45) is 2.60. The second-order valence-electron chi connectivity index (χ2n) is 6.40. The molecule has 2 amide bonds. The zero-order valence-corrected chi connectivity index (χ0v) is 14.5. The molecule has 130 valence electrons. The van der Waals surface area contributed by atoms with E-state index in [4.69, 9.17) is 10.5 Å². The van der Waals surface area contributed by atoms with E-state index in [0.717, 1.165) is 28.6 Å². The first kappa shape index (κ1) is 16.6. The smallest absolute Gasteiger partial charge is 0.317 e. The first-order valence-electron chi connectivity index (χ1n) is 8.37. The molecule has 0 spiro atoms. The molecule has 24 heavy (non-hydrogen) atoms. The van der Waals surface area contributed by atoms with Crippen LogP contribution >= 0.6 is 0 Å². The first-order valence-corrected chi connectivity index (χ1v) is 8.37. The number of carbonyl (C=O) groups excluding carboxylic acids is 1. The van der Waals surface area contributed by atoms with E-state index in [0.29, 0.717) is 19.7 Å². The number of rotatable bonds is 4. The van der Waals surface area contributed by atoms with Crippen molar-refractivity contribution < 1.29 is 9.53 Å². The summed E-state index contributed by atoms with van der Waals surface area (Å²) in [6, 6.07) is 3.94. The summed E-state index contributed by atoms with van der Waals surface area (Å²) in [5.41, 5.74) is 8.10. The molecule has 0 bridgehead atoms. The van der Waals surface area contributed by atoms with E-state index in [2.05, 4.69) is 10.4 Å². The number of fused-ring (bicyclic) bond motifs is 3. The van der Waals surface area contributed by atoms with E-state index in [1.54, 1.807) is 4.90 Å². The lowest BCUT2D eigenvalue weighted by molar-refractivity contribution is 0.147. The molecule has 3 rings (SSSR count). The lowest BCUT2D eigenvalue weighted by Crippen LogP contribution is -2.48. The number of hydrogen-bond donors (Lipinski definition) is 2. The van der Waals surface area contributed by atoms with Crippen LogP contribution in [-0.2, 0) is 13.0 Å². The van der Waals surface area contributed by atoms with E-state index >= 15 is 0 Å². The Bertz CT molecular complexity index is 740. The van der Waals surface area contributed by atoms with Crippen LogP contribution in [0.1, 0.15) is 19.4 Å². The van der Waals surface area contributed by atoms with Crippen molar-refractivity contribution in [1.82, 2.24) is 20.0 Å². The van der Waals surface area contributed by atoms with Crippen LogP contribution in [0.3, 0.4) is 0 Å². The highest BCUT2D eigenvalue weighted by Gasteiger charge is 2.28. The van der Waals surface area contributed by atoms with Crippen LogP contribution in [0.4, 0.5) is 4.79 Å². The van der Waals surface area contributed by atoms with Gasteiger partial charge in [0, 0.05) is 37.0 Å². The fourth-order valence-corrected chi connectivity index (χ4v) is 3.15. The Morgan fingerprint density at radius 3 is 3.08 bits per heavy atom. The summed E-state index contributed by atoms with van der Waals surface area (Å²) in [5.74, 6) is 0.870. The number of nitrogens with one attached hydrogen (secondary N) is 1. The second kappa shape index (κ2) is 6.68. The maximum Gasteiger partial charge on any atom is 0.317 e. The fraction of sp³-hybridized carbons (Fsp3) is 0.529. The lowest BCUT2D eigenvalue weighted by Gasteiger charge is -2.33. The largest absolute Gasteiger partial charge is 0.491 e. The molecule has 0 aliphatic carbocycles. The SMILES string of the molecule is CCNC(=O)N(C)[C@H]1COc2ccc3cnn(C[C@H](C)N)c3c2C1. The van der Waals surface area contributed by atoms with Crippen LogP contribution < -0.4 is 15.8 Å². The second-order valence-corrected chi connectivity index (χ2v) is 6.40. The highest BCUT2D eigenvalue weighted by atomic mass is 16.5. The minimum atomic E-state index is -0.0780. The molecule has 0 saturated carbocycles. The van der Waals surface area contributed by atoms with E-state index in [1.807, 2.05) is 43.9 Å². The lowest BCUT2D eigenvalue weighted by atomic mass is 9.99. The molecule has 1 aliphatic heterocycles.